The first-order chi connectivity index (χ1) is 10.2. The van der Waals surface area contributed by atoms with Crippen molar-refractivity contribution >= 4 is 0 Å². The molecule has 0 unspecified atom stereocenters. The zero-order valence-electron chi connectivity index (χ0n) is 13.6. The smallest absolute Gasteiger partial charge is 0.00787 e. The van der Waals surface area contributed by atoms with Gasteiger partial charge in [-0.3, -0.25) is 0 Å². The van der Waals surface area contributed by atoms with Crippen LogP contribution < -0.4 is 5.32 Å². The van der Waals surface area contributed by atoms with Crippen molar-refractivity contribution in [1.29, 1.82) is 0 Å². The Morgan fingerprint density at radius 1 is 1.10 bits per heavy atom. The molecule has 1 aliphatic heterocycles. The molecule has 0 amide bonds. The fraction of sp³-hybridized carbons (Fsp3) is 0.684. The van der Waals surface area contributed by atoms with Crippen molar-refractivity contribution in [2.45, 2.75) is 51.0 Å². The molecule has 0 bridgehead atoms. The maximum Gasteiger partial charge on any atom is 0.00787 e. The highest BCUT2D eigenvalue weighted by Gasteiger charge is 2.29. The molecule has 116 valence electrons. The van der Waals surface area contributed by atoms with E-state index in [1.54, 1.807) is 0 Å². The summed E-state index contributed by atoms with van der Waals surface area (Å²) in [6.07, 6.45) is 6.83. The predicted octanol–water partition coefficient (Wildman–Crippen LogP) is 3.56. The largest absolute Gasteiger partial charge is 0.314 e. The van der Waals surface area contributed by atoms with Crippen molar-refractivity contribution in [2.75, 3.05) is 26.7 Å². The molecular weight excluding hydrogens is 256 g/mol. The number of rotatable bonds is 5. The highest BCUT2D eigenvalue weighted by molar-refractivity contribution is 5.26. The van der Waals surface area contributed by atoms with Gasteiger partial charge in [0.2, 0.25) is 0 Å². The molecule has 1 aliphatic carbocycles. The van der Waals surface area contributed by atoms with Crippen molar-refractivity contribution in [2.24, 2.45) is 5.92 Å². The Morgan fingerprint density at radius 3 is 2.43 bits per heavy atom. The number of benzene rings is 1. The minimum Gasteiger partial charge on any atom is -0.314 e. The Kier molecular flexibility index (Phi) is 4.97. The average molecular weight is 286 g/mol. The molecule has 1 aromatic rings. The topological polar surface area (TPSA) is 15.3 Å². The van der Waals surface area contributed by atoms with Crippen LogP contribution in [-0.2, 0) is 0 Å². The lowest BCUT2D eigenvalue weighted by Crippen LogP contribution is -2.41. The summed E-state index contributed by atoms with van der Waals surface area (Å²) in [4.78, 5) is 2.46. The van der Waals surface area contributed by atoms with Crippen molar-refractivity contribution in [1.82, 2.24) is 10.2 Å². The van der Waals surface area contributed by atoms with Gasteiger partial charge in [-0.15, -0.1) is 0 Å². The van der Waals surface area contributed by atoms with Gasteiger partial charge in [0.1, 0.15) is 0 Å². The fourth-order valence-electron chi connectivity index (χ4n) is 3.74. The van der Waals surface area contributed by atoms with Gasteiger partial charge in [-0.2, -0.15) is 0 Å². The van der Waals surface area contributed by atoms with Crippen LogP contribution in [0.1, 0.15) is 49.1 Å². The summed E-state index contributed by atoms with van der Waals surface area (Å²) in [6.45, 7) is 5.98. The number of likely N-dealkylation sites (tertiary alicyclic amines) is 1. The fourth-order valence-corrected chi connectivity index (χ4v) is 3.74. The third-order valence-electron chi connectivity index (χ3n) is 5.51. The lowest BCUT2D eigenvalue weighted by molar-refractivity contribution is 0.205. The van der Waals surface area contributed by atoms with Crippen LogP contribution in [-0.4, -0.2) is 37.6 Å². The monoisotopic (exact) mass is 286 g/mol. The molecule has 1 N–H and O–H groups in total. The normalized spacial score (nSPS) is 27.5. The first-order valence-electron chi connectivity index (χ1n) is 8.69. The zero-order valence-corrected chi connectivity index (χ0v) is 13.6. The molecule has 0 radical (unpaired) electrons. The SMILES string of the molecule is Cc1ccc(C2CC(NCCC3CCN(C)CC3)C2)cc1. The minimum atomic E-state index is 0.766. The quantitative estimate of drug-likeness (QED) is 0.890. The minimum absolute atomic E-state index is 0.766. The van der Waals surface area contributed by atoms with E-state index in [1.807, 2.05) is 0 Å². The molecule has 3 rings (SSSR count). The molecule has 1 saturated heterocycles. The Balaban J connectivity index is 1.31. The summed E-state index contributed by atoms with van der Waals surface area (Å²) in [5.74, 6) is 1.76. The third kappa shape index (κ3) is 4.08. The van der Waals surface area contributed by atoms with Crippen molar-refractivity contribution in [3.63, 3.8) is 0 Å². The van der Waals surface area contributed by atoms with Gasteiger partial charge in [-0.25, -0.2) is 0 Å². The highest BCUT2D eigenvalue weighted by atomic mass is 15.1. The number of aryl methyl sites for hydroxylation is 1. The van der Waals surface area contributed by atoms with Gasteiger partial charge in [0.15, 0.2) is 0 Å². The van der Waals surface area contributed by atoms with Gasteiger partial charge >= 0.3 is 0 Å². The summed E-state index contributed by atoms with van der Waals surface area (Å²) in [6, 6.07) is 9.89. The zero-order chi connectivity index (χ0) is 14.7. The van der Waals surface area contributed by atoms with Crippen LogP contribution in [0, 0.1) is 12.8 Å². The summed E-state index contributed by atoms with van der Waals surface area (Å²) >= 11 is 0. The molecule has 21 heavy (non-hydrogen) atoms. The number of hydrogen-bond donors (Lipinski definition) is 1. The van der Waals surface area contributed by atoms with E-state index < -0.39 is 0 Å². The molecule has 2 nitrogen and oxygen atoms in total. The second-order valence-corrected chi connectivity index (χ2v) is 7.27. The van der Waals surface area contributed by atoms with Crippen molar-refractivity contribution in [3.05, 3.63) is 35.4 Å². The number of nitrogens with zero attached hydrogens (tertiary/aromatic N) is 1. The predicted molar refractivity (Wildman–Crippen MR) is 89.8 cm³/mol. The van der Waals surface area contributed by atoms with Gasteiger partial charge in [-0.1, -0.05) is 29.8 Å². The second kappa shape index (κ2) is 6.93. The standard InChI is InChI=1S/C19H30N2/c1-15-3-5-17(6-4-15)18-13-19(14-18)20-10-7-16-8-11-21(2)12-9-16/h3-6,16,18-20H,7-14H2,1-2H3. The van der Waals surface area contributed by atoms with E-state index in [0.717, 1.165) is 17.9 Å². The van der Waals surface area contributed by atoms with E-state index in [9.17, 15) is 0 Å². The molecule has 2 aliphatic rings. The Hall–Kier alpha value is -0.860. The summed E-state index contributed by atoms with van der Waals surface area (Å²) in [5.41, 5.74) is 2.90. The molecule has 0 aromatic heterocycles. The van der Waals surface area contributed by atoms with Crippen LogP contribution in [0.3, 0.4) is 0 Å². The molecule has 0 atom stereocenters. The van der Waals surface area contributed by atoms with E-state index >= 15 is 0 Å². The first kappa shape index (κ1) is 15.1. The van der Waals surface area contributed by atoms with Crippen molar-refractivity contribution in [3.8, 4) is 0 Å². The molecule has 1 aromatic carbocycles. The molecule has 1 saturated carbocycles. The average Bonchev–Trinajstić information content (AvgIpc) is 2.45. The summed E-state index contributed by atoms with van der Waals surface area (Å²) in [5, 5.41) is 3.78. The highest BCUT2D eigenvalue weighted by Crippen LogP contribution is 2.36. The Bertz CT molecular complexity index is 425. The van der Waals surface area contributed by atoms with Crippen LogP contribution in [0.2, 0.25) is 0 Å². The number of hydrogen-bond acceptors (Lipinski definition) is 2. The van der Waals surface area contributed by atoms with Crippen LogP contribution >= 0.6 is 0 Å². The summed E-state index contributed by atoms with van der Waals surface area (Å²) < 4.78 is 0. The third-order valence-corrected chi connectivity index (χ3v) is 5.51. The lowest BCUT2D eigenvalue weighted by atomic mass is 9.75. The van der Waals surface area contributed by atoms with Crippen molar-refractivity contribution < 1.29 is 0 Å². The molecule has 2 fully saturated rings. The Morgan fingerprint density at radius 2 is 1.76 bits per heavy atom. The first-order valence-corrected chi connectivity index (χ1v) is 8.69. The van der Waals surface area contributed by atoms with Crippen LogP contribution in [0.15, 0.2) is 24.3 Å². The number of piperidine rings is 1. The maximum atomic E-state index is 3.78. The van der Waals surface area contributed by atoms with Gasteiger partial charge < -0.3 is 10.2 Å². The van der Waals surface area contributed by atoms with Gasteiger partial charge in [0.05, 0.1) is 0 Å². The van der Waals surface area contributed by atoms with Crippen LogP contribution in [0.25, 0.3) is 0 Å². The molecular formula is C19H30N2. The molecule has 1 heterocycles. The number of nitrogens with one attached hydrogen (secondary N) is 1. The van der Waals surface area contributed by atoms with Gasteiger partial charge in [-0.05, 0) is 83.1 Å². The van der Waals surface area contributed by atoms with E-state index in [1.165, 1.54) is 62.9 Å². The van der Waals surface area contributed by atoms with Crippen LogP contribution in [0.4, 0.5) is 0 Å². The van der Waals surface area contributed by atoms with Gasteiger partial charge in [0, 0.05) is 6.04 Å². The second-order valence-electron chi connectivity index (χ2n) is 7.27. The van der Waals surface area contributed by atoms with E-state index in [-0.39, 0.29) is 0 Å². The van der Waals surface area contributed by atoms with E-state index in [4.69, 9.17) is 0 Å². The molecule has 0 spiro atoms. The Labute approximate surface area is 129 Å². The van der Waals surface area contributed by atoms with Gasteiger partial charge in [0.25, 0.3) is 0 Å². The van der Waals surface area contributed by atoms with E-state index in [2.05, 4.69) is 48.5 Å². The lowest BCUT2D eigenvalue weighted by Gasteiger charge is -2.37. The maximum absolute atomic E-state index is 3.78. The van der Waals surface area contributed by atoms with E-state index in [0.29, 0.717) is 0 Å². The molecule has 2 heteroatoms. The summed E-state index contributed by atoms with van der Waals surface area (Å²) in [7, 11) is 2.24. The van der Waals surface area contributed by atoms with Crippen LogP contribution in [0.5, 0.6) is 0 Å².